The molecule has 6 nitrogen and oxygen atoms in total. The van der Waals surface area contributed by atoms with Gasteiger partial charge in [0.1, 0.15) is 6.21 Å². The molecule has 0 aliphatic heterocycles. The van der Waals surface area contributed by atoms with Crippen molar-refractivity contribution in [3.05, 3.63) is 30.1 Å². The first-order chi connectivity index (χ1) is 6.33. The second-order valence-corrected chi connectivity index (χ2v) is 2.16. The molecule has 13 heavy (non-hydrogen) atoms. The van der Waals surface area contributed by atoms with Gasteiger partial charge >= 0.3 is 0 Å². The second kappa shape index (κ2) is 4.83. The number of H-pyrrole nitrogens is 1. The predicted octanol–water partition coefficient (Wildman–Crippen LogP) is -0.872. The van der Waals surface area contributed by atoms with Crippen LogP contribution >= 0.6 is 0 Å². The van der Waals surface area contributed by atoms with Gasteiger partial charge in [-0.3, -0.25) is 5.21 Å². The first kappa shape index (κ1) is 9.14. The van der Waals surface area contributed by atoms with E-state index in [-0.39, 0.29) is 5.96 Å². The van der Waals surface area contributed by atoms with E-state index in [2.05, 4.69) is 15.2 Å². The fraction of sp³-hybridized carbons (Fsp3) is 0. The van der Waals surface area contributed by atoms with Gasteiger partial charge in [-0.05, 0) is 6.07 Å². The molecular weight excluding hydrogens is 170 g/mol. The lowest BCUT2D eigenvalue weighted by molar-refractivity contribution is -0.379. The number of rotatable bonds is 2. The molecule has 5 N–H and O–H groups in total. The molecule has 0 atom stereocenters. The van der Waals surface area contributed by atoms with Crippen molar-refractivity contribution in [2.45, 2.75) is 0 Å². The topological polar surface area (TPSA) is 97.1 Å². The summed E-state index contributed by atoms with van der Waals surface area (Å²) in [5.74, 6) is -0.160. The van der Waals surface area contributed by atoms with Gasteiger partial charge in [0, 0.05) is 12.1 Å². The van der Waals surface area contributed by atoms with Crippen molar-refractivity contribution in [3.8, 4) is 0 Å². The van der Waals surface area contributed by atoms with Gasteiger partial charge in [-0.15, -0.1) is 10.2 Å². The second-order valence-electron chi connectivity index (χ2n) is 2.16. The highest BCUT2D eigenvalue weighted by molar-refractivity contribution is 5.79. The van der Waals surface area contributed by atoms with E-state index in [0.29, 0.717) is 0 Å². The van der Waals surface area contributed by atoms with Gasteiger partial charge in [-0.2, -0.15) is 0 Å². The summed E-state index contributed by atoms with van der Waals surface area (Å²) >= 11 is 0. The zero-order chi connectivity index (χ0) is 9.52. The summed E-state index contributed by atoms with van der Waals surface area (Å²) in [6, 6.07) is 5.53. The Morgan fingerprint density at radius 1 is 1.62 bits per heavy atom. The molecule has 1 aromatic heterocycles. The minimum absolute atomic E-state index is 0.160. The molecule has 6 heteroatoms. The van der Waals surface area contributed by atoms with Gasteiger partial charge in [0.05, 0.1) is 0 Å². The van der Waals surface area contributed by atoms with Crippen molar-refractivity contribution in [3.63, 3.8) is 0 Å². The number of pyridine rings is 1. The Bertz CT molecular complexity index is 308. The van der Waals surface area contributed by atoms with E-state index < -0.39 is 0 Å². The fourth-order valence-electron chi connectivity index (χ4n) is 0.663. The van der Waals surface area contributed by atoms with Crippen molar-refractivity contribution in [2.75, 3.05) is 0 Å². The maximum absolute atomic E-state index is 8.24. The lowest BCUT2D eigenvalue weighted by Crippen LogP contribution is -2.27. The number of nitrogens with zero attached hydrogens (tertiary/aromatic N) is 2. The number of hydrogen-bond acceptors (Lipinski definition) is 3. The van der Waals surface area contributed by atoms with Crippen LogP contribution in [-0.4, -0.2) is 17.4 Å². The highest BCUT2D eigenvalue weighted by Crippen LogP contribution is 1.83. The molecule has 1 rings (SSSR count). The Balaban J connectivity index is 2.60. The van der Waals surface area contributed by atoms with Crippen LogP contribution in [0.15, 0.2) is 34.6 Å². The molecule has 0 radical (unpaired) electrons. The number of guanidine groups is 1. The summed E-state index contributed by atoms with van der Waals surface area (Å²) in [4.78, 5) is 2.92. The molecule has 1 aromatic rings. The van der Waals surface area contributed by atoms with Crippen molar-refractivity contribution in [1.82, 2.24) is 5.48 Å². The molecular formula is C7H10N5O+. The summed E-state index contributed by atoms with van der Waals surface area (Å²) in [7, 11) is 0. The Morgan fingerprint density at radius 3 is 3.08 bits per heavy atom. The van der Waals surface area contributed by atoms with Crippen LogP contribution in [0, 0.1) is 0 Å². The molecule has 0 spiro atoms. The van der Waals surface area contributed by atoms with Gasteiger partial charge in [0.15, 0.2) is 6.20 Å². The molecule has 0 amide bonds. The minimum Gasteiger partial charge on any atom is -0.367 e. The molecule has 0 aliphatic rings. The van der Waals surface area contributed by atoms with E-state index in [0.717, 1.165) is 5.69 Å². The lowest BCUT2D eigenvalue weighted by Gasteiger charge is -1.89. The molecule has 68 valence electrons. The van der Waals surface area contributed by atoms with Crippen LogP contribution in [0.1, 0.15) is 5.69 Å². The van der Waals surface area contributed by atoms with Crippen molar-refractivity contribution >= 4 is 12.2 Å². The van der Waals surface area contributed by atoms with E-state index in [1.165, 1.54) is 6.21 Å². The number of aromatic amines is 1. The quantitative estimate of drug-likeness (QED) is 0.313. The Labute approximate surface area is 74.8 Å². The van der Waals surface area contributed by atoms with Crippen LogP contribution in [0.2, 0.25) is 0 Å². The summed E-state index contributed by atoms with van der Waals surface area (Å²) in [5, 5.41) is 15.3. The third-order valence-electron chi connectivity index (χ3n) is 1.21. The zero-order valence-electron chi connectivity index (χ0n) is 6.81. The number of nitrogens with two attached hydrogens (primary N) is 1. The third-order valence-corrected chi connectivity index (χ3v) is 1.21. The van der Waals surface area contributed by atoms with Gasteiger partial charge < -0.3 is 5.73 Å². The van der Waals surface area contributed by atoms with E-state index in [9.17, 15) is 0 Å². The lowest BCUT2D eigenvalue weighted by atomic mass is 10.4. The van der Waals surface area contributed by atoms with E-state index in [1.807, 2.05) is 18.2 Å². The fourth-order valence-corrected chi connectivity index (χ4v) is 0.663. The smallest absolute Gasteiger partial charge is 0.237 e. The monoisotopic (exact) mass is 180 g/mol. The third kappa shape index (κ3) is 3.30. The number of nitrogens with one attached hydrogen (secondary N) is 2. The summed E-state index contributed by atoms with van der Waals surface area (Å²) in [6.45, 7) is 0. The first-order valence-electron chi connectivity index (χ1n) is 3.56. The summed E-state index contributed by atoms with van der Waals surface area (Å²) < 4.78 is 0. The molecule has 0 saturated heterocycles. The Kier molecular flexibility index (Phi) is 3.40. The van der Waals surface area contributed by atoms with Crippen molar-refractivity contribution in [2.24, 2.45) is 15.9 Å². The molecule has 0 aliphatic carbocycles. The van der Waals surface area contributed by atoms with Crippen LogP contribution < -0.4 is 16.2 Å². The molecule has 0 aromatic carbocycles. The largest absolute Gasteiger partial charge is 0.367 e. The Hall–Kier alpha value is -1.95. The minimum atomic E-state index is -0.160. The van der Waals surface area contributed by atoms with E-state index in [1.54, 1.807) is 11.7 Å². The highest BCUT2D eigenvalue weighted by Gasteiger charge is 1.91. The predicted molar refractivity (Wildman–Crippen MR) is 47.1 cm³/mol. The van der Waals surface area contributed by atoms with Gasteiger partial charge in [-0.1, -0.05) is 0 Å². The zero-order valence-corrected chi connectivity index (χ0v) is 6.81. The number of aromatic nitrogens is 1. The molecule has 1 heterocycles. The Morgan fingerprint density at radius 2 is 2.46 bits per heavy atom. The standard InChI is InChI=1S/C7H9N5O/c8-7(12-13)11-10-5-6-3-1-2-4-9-6/h1-5,13H,(H3,8,11,12)/p+1. The maximum atomic E-state index is 8.24. The average molecular weight is 180 g/mol. The molecule has 0 fully saturated rings. The number of hydroxylamine groups is 1. The summed E-state index contributed by atoms with van der Waals surface area (Å²) in [5.41, 5.74) is 7.55. The average Bonchev–Trinajstić information content (AvgIpc) is 2.19. The van der Waals surface area contributed by atoms with Crippen LogP contribution in [0.5, 0.6) is 0 Å². The normalized spacial score (nSPS) is 11.9. The van der Waals surface area contributed by atoms with Crippen LogP contribution in [0.25, 0.3) is 0 Å². The van der Waals surface area contributed by atoms with Gasteiger partial charge in [0.2, 0.25) is 11.7 Å². The maximum Gasteiger partial charge on any atom is 0.237 e. The van der Waals surface area contributed by atoms with Crippen LogP contribution in [0.4, 0.5) is 0 Å². The van der Waals surface area contributed by atoms with Gasteiger partial charge in [0.25, 0.3) is 0 Å². The van der Waals surface area contributed by atoms with Crippen molar-refractivity contribution < 1.29 is 10.2 Å². The van der Waals surface area contributed by atoms with E-state index >= 15 is 0 Å². The van der Waals surface area contributed by atoms with E-state index in [4.69, 9.17) is 10.9 Å². The highest BCUT2D eigenvalue weighted by atomic mass is 16.5. The molecule has 0 saturated carbocycles. The first-order valence-corrected chi connectivity index (χ1v) is 3.56. The molecule has 0 bridgehead atoms. The number of hydrogen-bond donors (Lipinski definition) is 3. The van der Waals surface area contributed by atoms with Gasteiger partial charge in [-0.25, -0.2) is 10.5 Å². The molecule has 0 unspecified atom stereocenters. The summed E-state index contributed by atoms with van der Waals surface area (Å²) in [6.07, 6.45) is 3.24. The van der Waals surface area contributed by atoms with Crippen molar-refractivity contribution in [1.29, 1.82) is 0 Å². The van der Waals surface area contributed by atoms with Crippen LogP contribution in [-0.2, 0) is 0 Å². The SMILES string of the molecule is N/C(=N\N=Cc1cccc[nH+]1)NO. The van der Waals surface area contributed by atoms with Crippen LogP contribution in [0.3, 0.4) is 0 Å².